The van der Waals surface area contributed by atoms with Gasteiger partial charge in [-0.25, -0.2) is 4.79 Å². The number of carbonyl (C=O) groups is 2. The molecule has 16 heavy (non-hydrogen) atoms. The minimum absolute atomic E-state index is 0.234. The summed E-state index contributed by atoms with van der Waals surface area (Å²) < 4.78 is 4.60. The number of methoxy groups -OCH3 is 1. The highest BCUT2D eigenvalue weighted by Crippen LogP contribution is 2.15. The van der Waals surface area contributed by atoms with E-state index in [1.54, 1.807) is 31.3 Å². The summed E-state index contributed by atoms with van der Waals surface area (Å²) in [6.07, 6.45) is 1.21. The van der Waals surface area contributed by atoms with Crippen molar-refractivity contribution in [1.82, 2.24) is 0 Å². The van der Waals surface area contributed by atoms with Crippen molar-refractivity contribution in [1.29, 1.82) is 0 Å². The molecule has 0 spiro atoms. The average Bonchev–Trinajstić information content (AvgIpc) is 2.36. The lowest BCUT2D eigenvalue weighted by Crippen LogP contribution is -2.23. The Morgan fingerprint density at radius 3 is 2.69 bits per heavy atom. The van der Waals surface area contributed by atoms with Crippen LogP contribution in [-0.2, 0) is 9.53 Å². The first-order valence-electron chi connectivity index (χ1n) is 4.68. The predicted octanol–water partition coefficient (Wildman–Crippen LogP) is 1.62. The van der Waals surface area contributed by atoms with E-state index in [1.165, 1.54) is 18.1 Å². The van der Waals surface area contributed by atoms with Gasteiger partial charge in [-0.3, -0.25) is 4.79 Å². The molecule has 0 saturated heterocycles. The minimum Gasteiger partial charge on any atom is -0.465 e. The molecule has 0 bridgehead atoms. The number of carbonyl (C=O) groups excluding carboxylic acids is 2. The van der Waals surface area contributed by atoms with Gasteiger partial charge in [-0.05, 0) is 24.3 Å². The third-order valence-electron chi connectivity index (χ3n) is 2.16. The molecule has 0 fully saturated rings. The minimum atomic E-state index is -0.429. The molecule has 1 rings (SSSR count). The van der Waals surface area contributed by atoms with Crippen LogP contribution in [0.2, 0.25) is 0 Å². The van der Waals surface area contributed by atoms with Gasteiger partial charge in [0.05, 0.1) is 12.7 Å². The number of rotatable bonds is 3. The second kappa shape index (κ2) is 5.11. The molecule has 0 N–H and O–H groups in total. The molecule has 0 radical (unpaired) electrons. The largest absolute Gasteiger partial charge is 0.465 e. The first-order valence-corrected chi connectivity index (χ1v) is 4.68. The van der Waals surface area contributed by atoms with Crippen molar-refractivity contribution < 1.29 is 14.3 Å². The molecular weight excluding hydrogens is 206 g/mol. The molecule has 0 atom stereocenters. The molecule has 4 nitrogen and oxygen atoms in total. The van der Waals surface area contributed by atoms with Crippen LogP contribution in [0.5, 0.6) is 0 Å². The highest BCUT2D eigenvalue weighted by Gasteiger charge is 2.10. The Morgan fingerprint density at radius 2 is 2.12 bits per heavy atom. The maximum Gasteiger partial charge on any atom is 0.337 e. The molecule has 0 aliphatic heterocycles. The Hall–Kier alpha value is -2.10. The number of hydrogen-bond donors (Lipinski definition) is 0. The van der Waals surface area contributed by atoms with Crippen LogP contribution < -0.4 is 4.90 Å². The van der Waals surface area contributed by atoms with Gasteiger partial charge in [0, 0.05) is 12.7 Å². The van der Waals surface area contributed by atoms with E-state index in [0.29, 0.717) is 11.3 Å². The van der Waals surface area contributed by atoms with Gasteiger partial charge in [-0.1, -0.05) is 12.6 Å². The Kier molecular flexibility index (Phi) is 3.83. The summed E-state index contributed by atoms with van der Waals surface area (Å²) in [5.74, 6) is -0.664. The normalized spacial score (nSPS) is 9.38. The van der Waals surface area contributed by atoms with Crippen LogP contribution in [0.3, 0.4) is 0 Å². The second-order valence-electron chi connectivity index (χ2n) is 3.14. The first kappa shape index (κ1) is 12.0. The molecule has 0 aliphatic carbocycles. The SMILES string of the molecule is C=CC(=O)N(C)c1cccc(C(=O)OC)c1. The Labute approximate surface area is 94.1 Å². The zero-order valence-corrected chi connectivity index (χ0v) is 9.27. The van der Waals surface area contributed by atoms with Gasteiger partial charge >= 0.3 is 5.97 Å². The lowest BCUT2D eigenvalue weighted by Gasteiger charge is -2.15. The fourth-order valence-electron chi connectivity index (χ4n) is 1.22. The Balaban J connectivity index is 3.02. The molecule has 0 saturated carbocycles. The molecule has 1 amide bonds. The number of amides is 1. The van der Waals surface area contributed by atoms with Crippen LogP contribution >= 0.6 is 0 Å². The number of hydrogen-bond acceptors (Lipinski definition) is 3. The van der Waals surface area contributed by atoms with Crippen LogP contribution in [0.1, 0.15) is 10.4 Å². The quantitative estimate of drug-likeness (QED) is 0.573. The van der Waals surface area contributed by atoms with Crippen LogP contribution in [0.25, 0.3) is 0 Å². The van der Waals surface area contributed by atoms with Crippen molar-refractivity contribution in [3.05, 3.63) is 42.5 Å². The van der Waals surface area contributed by atoms with E-state index in [2.05, 4.69) is 11.3 Å². The number of esters is 1. The van der Waals surface area contributed by atoms with Crippen LogP contribution in [-0.4, -0.2) is 26.0 Å². The van der Waals surface area contributed by atoms with Crippen molar-refractivity contribution in [3.63, 3.8) is 0 Å². The third kappa shape index (κ3) is 2.48. The predicted molar refractivity (Wildman–Crippen MR) is 61.4 cm³/mol. The van der Waals surface area contributed by atoms with Crippen LogP contribution in [0.15, 0.2) is 36.9 Å². The van der Waals surface area contributed by atoms with Crippen molar-refractivity contribution in [2.24, 2.45) is 0 Å². The van der Waals surface area contributed by atoms with E-state index in [1.807, 2.05) is 0 Å². The molecule has 0 aliphatic rings. The summed E-state index contributed by atoms with van der Waals surface area (Å²) in [6.45, 7) is 3.40. The fraction of sp³-hybridized carbons (Fsp3) is 0.167. The topological polar surface area (TPSA) is 46.6 Å². The molecule has 0 unspecified atom stereocenters. The standard InChI is InChI=1S/C12H13NO3/c1-4-11(14)13(2)10-7-5-6-9(8-10)12(15)16-3/h4-8H,1H2,2-3H3. The fourth-order valence-corrected chi connectivity index (χ4v) is 1.22. The molecule has 1 aromatic carbocycles. The molecule has 0 heterocycles. The van der Waals surface area contributed by atoms with Gasteiger partial charge in [0.15, 0.2) is 0 Å². The highest BCUT2D eigenvalue weighted by atomic mass is 16.5. The number of ether oxygens (including phenoxy) is 1. The monoisotopic (exact) mass is 219 g/mol. The van der Waals surface area contributed by atoms with E-state index < -0.39 is 5.97 Å². The van der Waals surface area contributed by atoms with Gasteiger partial charge < -0.3 is 9.64 Å². The van der Waals surface area contributed by atoms with Gasteiger partial charge in [0.2, 0.25) is 5.91 Å². The maximum absolute atomic E-state index is 11.4. The first-order chi connectivity index (χ1) is 7.60. The van der Waals surface area contributed by atoms with Gasteiger partial charge in [-0.2, -0.15) is 0 Å². The smallest absolute Gasteiger partial charge is 0.337 e. The molecule has 0 aromatic heterocycles. The molecular formula is C12H13NO3. The Bertz CT molecular complexity index is 426. The van der Waals surface area contributed by atoms with Gasteiger partial charge in [-0.15, -0.1) is 0 Å². The van der Waals surface area contributed by atoms with E-state index in [9.17, 15) is 9.59 Å². The van der Waals surface area contributed by atoms with E-state index in [-0.39, 0.29) is 5.91 Å². The van der Waals surface area contributed by atoms with E-state index >= 15 is 0 Å². The molecule has 84 valence electrons. The van der Waals surface area contributed by atoms with E-state index in [4.69, 9.17) is 0 Å². The van der Waals surface area contributed by atoms with Gasteiger partial charge in [0.1, 0.15) is 0 Å². The summed E-state index contributed by atoms with van der Waals surface area (Å²) in [7, 11) is 2.92. The van der Waals surface area contributed by atoms with Crippen molar-refractivity contribution >= 4 is 17.6 Å². The van der Waals surface area contributed by atoms with E-state index in [0.717, 1.165) is 0 Å². The summed E-state index contributed by atoms with van der Waals surface area (Å²) in [6, 6.07) is 6.64. The molecule has 1 aromatic rings. The van der Waals surface area contributed by atoms with Crippen LogP contribution in [0, 0.1) is 0 Å². The maximum atomic E-state index is 11.4. The zero-order chi connectivity index (χ0) is 12.1. The van der Waals surface area contributed by atoms with Gasteiger partial charge in [0.25, 0.3) is 0 Å². The Morgan fingerprint density at radius 1 is 1.44 bits per heavy atom. The van der Waals surface area contributed by atoms with Crippen molar-refractivity contribution in [3.8, 4) is 0 Å². The summed E-state index contributed by atoms with van der Waals surface area (Å²) in [4.78, 5) is 24.0. The zero-order valence-electron chi connectivity index (χ0n) is 9.27. The lowest BCUT2D eigenvalue weighted by atomic mass is 10.2. The van der Waals surface area contributed by atoms with Crippen molar-refractivity contribution in [2.75, 3.05) is 19.1 Å². The number of nitrogens with zero attached hydrogens (tertiary/aromatic N) is 1. The number of anilines is 1. The second-order valence-corrected chi connectivity index (χ2v) is 3.14. The highest BCUT2D eigenvalue weighted by molar-refractivity contribution is 6.01. The average molecular weight is 219 g/mol. The molecule has 4 heteroatoms. The lowest BCUT2D eigenvalue weighted by molar-refractivity contribution is -0.113. The third-order valence-corrected chi connectivity index (χ3v) is 2.16. The number of likely N-dealkylation sites (N-methyl/N-ethyl adjacent to an activating group) is 1. The summed E-state index contributed by atoms with van der Waals surface area (Å²) in [5, 5.41) is 0. The van der Waals surface area contributed by atoms with Crippen molar-refractivity contribution in [2.45, 2.75) is 0 Å². The summed E-state index contributed by atoms with van der Waals surface area (Å²) >= 11 is 0. The number of benzene rings is 1. The van der Waals surface area contributed by atoms with Crippen LogP contribution in [0.4, 0.5) is 5.69 Å². The summed E-state index contributed by atoms with van der Waals surface area (Å²) in [5.41, 5.74) is 1.02.